The molecule has 5 nitrogen and oxygen atoms in total. The molecule has 0 atom stereocenters. The first-order valence-electron chi connectivity index (χ1n) is 8.09. The van der Waals surface area contributed by atoms with Crippen LogP contribution in [0.15, 0.2) is 42.5 Å². The van der Waals surface area contributed by atoms with Crippen molar-refractivity contribution >= 4 is 38.8 Å². The number of carbonyl (C=O) groups is 1. The van der Waals surface area contributed by atoms with Crippen LogP contribution < -0.4 is 10.5 Å². The number of benzene rings is 2. The van der Waals surface area contributed by atoms with Crippen molar-refractivity contribution in [3.63, 3.8) is 0 Å². The van der Waals surface area contributed by atoms with E-state index < -0.39 is 15.3 Å². The van der Waals surface area contributed by atoms with E-state index in [0.717, 1.165) is 12.8 Å². The molecule has 1 aliphatic carbocycles. The first-order valence-corrected chi connectivity index (χ1v) is 10.0. The monoisotopic (exact) mass is 378 g/mol. The van der Waals surface area contributed by atoms with E-state index in [1.807, 2.05) is 0 Å². The molecule has 0 heterocycles. The first-order chi connectivity index (χ1) is 11.9. The summed E-state index contributed by atoms with van der Waals surface area (Å²) in [5, 5.41) is -0.0627. The van der Waals surface area contributed by atoms with Gasteiger partial charge in [0.15, 0.2) is 5.78 Å². The molecule has 25 heavy (non-hydrogen) atoms. The van der Waals surface area contributed by atoms with E-state index in [1.165, 1.54) is 12.1 Å². The minimum Gasteiger partial charge on any atom is -0.397 e. The summed E-state index contributed by atoms with van der Waals surface area (Å²) in [5.74, 6) is -0.285. The van der Waals surface area contributed by atoms with Crippen molar-refractivity contribution in [2.45, 2.75) is 30.9 Å². The average molecular weight is 379 g/mol. The van der Waals surface area contributed by atoms with Crippen LogP contribution in [0.3, 0.4) is 0 Å². The number of carbonyl (C=O) groups excluding carboxylic acids is 1. The molecule has 0 aromatic heterocycles. The van der Waals surface area contributed by atoms with Crippen molar-refractivity contribution in [2.24, 2.45) is 0 Å². The van der Waals surface area contributed by atoms with Crippen LogP contribution in [0.1, 0.15) is 41.6 Å². The van der Waals surface area contributed by atoms with Gasteiger partial charge in [0.05, 0.1) is 21.6 Å². The van der Waals surface area contributed by atoms with E-state index in [2.05, 4.69) is 4.72 Å². The van der Waals surface area contributed by atoms with Crippen molar-refractivity contribution in [1.29, 1.82) is 0 Å². The third kappa shape index (κ3) is 3.80. The number of nitrogens with two attached hydrogens (primary N) is 1. The van der Waals surface area contributed by atoms with E-state index in [1.54, 1.807) is 30.3 Å². The normalized spacial score (nSPS) is 15.2. The quantitative estimate of drug-likeness (QED) is 0.611. The lowest BCUT2D eigenvalue weighted by Gasteiger charge is -2.15. The predicted molar refractivity (Wildman–Crippen MR) is 101 cm³/mol. The molecular formula is C18H19ClN2O3S. The van der Waals surface area contributed by atoms with Gasteiger partial charge in [-0.15, -0.1) is 0 Å². The van der Waals surface area contributed by atoms with Crippen LogP contribution in [0.2, 0.25) is 5.02 Å². The van der Waals surface area contributed by atoms with E-state index >= 15 is 0 Å². The van der Waals surface area contributed by atoms with Crippen molar-refractivity contribution in [3.05, 3.63) is 58.6 Å². The number of rotatable bonds is 5. The number of sulfonamides is 1. The molecule has 3 N–H and O–H groups in total. The van der Waals surface area contributed by atoms with Crippen LogP contribution >= 0.6 is 11.6 Å². The summed E-state index contributed by atoms with van der Waals surface area (Å²) in [6.45, 7) is 0. The van der Waals surface area contributed by atoms with Gasteiger partial charge >= 0.3 is 0 Å². The van der Waals surface area contributed by atoms with Crippen LogP contribution in [0.4, 0.5) is 11.4 Å². The summed E-state index contributed by atoms with van der Waals surface area (Å²) in [7, 11) is -3.52. The molecule has 1 fully saturated rings. The van der Waals surface area contributed by atoms with Gasteiger partial charge < -0.3 is 5.73 Å². The maximum Gasteiger partial charge on any atom is 0.235 e. The highest BCUT2D eigenvalue weighted by Gasteiger charge is 2.29. The third-order valence-corrected chi connectivity index (χ3v) is 6.61. The lowest BCUT2D eigenvalue weighted by atomic mass is 10.0. The van der Waals surface area contributed by atoms with Crippen LogP contribution in [0, 0.1) is 0 Å². The molecule has 7 heteroatoms. The Morgan fingerprint density at radius 1 is 1.12 bits per heavy atom. The fourth-order valence-corrected chi connectivity index (χ4v) is 4.85. The van der Waals surface area contributed by atoms with Crippen LogP contribution in [-0.2, 0) is 10.0 Å². The highest BCUT2D eigenvalue weighted by molar-refractivity contribution is 7.93. The fraction of sp³-hybridized carbons (Fsp3) is 0.278. The molecule has 3 rings (SSSR count). The Hall–Kier alpha value is -2.05. The van der Waals surface area contributed by atoms with E-state index in [4.69, 9.17) is 17.3 Å². The lowest BCUT2D eigenvalue weighted by molar-refractivity contribution is 0.103. The molecule has 0 amide bonds. The molecule has 0 radical (unpaired) electrons. The number of hydrogen-bond donors (Lipinski definition) is 2. The van der Waals surface area contributed by atoms with Crippen LogP contribution in [0.5, 0.6) is 0 Å². The molecule has 2 aromatic carbocycles. The Bertz CT molecular complexity index is 906. The van der Waals surface area contributed by atoms with Gasteiger partial charge in [0.2, 0.25) is 10.0 Å². The lowest BCUT2D eigenvalue weighted by Crippen LogP contribution is -2.25. The summed E-state index contributed by atoms with van der Waals surface area (Å²) in [5.41, 5.74) is 7.09. The zero-order valence-electron chi connectivity index (χ0n) is 13.5. The largest absolute Gasteiger partial charge is 0.397 e. The topological polar surface area (TPSA) is 89.3 Å². The number of anilines is 2. The Morgan fingerprint density at radius 3 is 2.48 bits per heavy atom. The van der Waals surface area contributed by atoms with Crippen molar-refractivity contribution in [1.82, 2.24) is 0 Å². The summed E-state index contributed by atoms with van der Waals surface area (Å²) >= 11 is 6.08. The first kappa shape index (κ1) is 17.8. The summed E-state index contributed by atoms with van der Waals surface area (Å²) < 4.78 is 27.5. The van der Waals surface area contributed by atoms with Gasteiger partial charge in [-0.25, -0.2) is 8.42 Å². The van der Waals surface area contributed by atoms with Gasteiger partial charge in [0.25, 0.3) is 0 Å². The molecule has 0 unspecified atom stereocenters. The molecule has 0 spiro atoms. The average Bonchev–Trinajstić information content (AvgIpc) is 3.12. The van der Waals surface area contributed by atoms with Crippen LogP contribution in [-0.4, -0.2) is 19.5 Å². The number of halogens is 1. The molecule has 0 aliphatic heterocycles. The van der Waals surface area contributed by atoms with Gasteiger partial charge in [-0.05, 0) is 43.2 Å². The standard InChI is InChI=1S/C18H19ClN2O3S/c19-15-8-4-3-7-14(15)18(22)12-9-10-16(20)17(11-12)21-25(23,24)13-5-1-2-6-13/h3-4,7-11,13,21H,1-2,5-6,20H2. The highest BCUT2D eigenvalue weighted by atomic mass is 35.5. The maximum absolute atomic E-state index is 12.6. The molecule has 1 aliphatic rings. The zero-order valence-corrected chi connectivity index (χ0v) is 15.1. The smallest absolute Gasteiger partial charge is 0.235 e. The summed E-state index contributed by atoms with van der Waals surface area (Å²) in [4.78, 5) is 12.6. The Labute approximate surface area is 152 Å². The molecule has 0 bridgehead atoms. The predicted octanol–water partition coefficient (Wildman–Crippen LogP) is 3.84. The number of nitrogen functional groups attached to an aromatic ring is 1. The molecule has 0 saturated heterocycles. The minimum atomic E-state index is -3.52. The second kappa shape index (κ2) is 7.06. The Balaban J connectivity index is 1.91. The van der Waals surface area contributed by atoms with Crippen molar-refractivity contribution < 1.29 is 13.2 Å². The summed E-state index contributed by atoms with van der Waals surface area (Å²) in [6.07, 6.45) is 3.11. The molecular weight excluding hydrogens is 360 g/mol. The summed E-state index contributed by atoms with van der Waals surface area (Å²) in [6, 6.07) is 11.3. The molecule has 132 valence electrons. The van der Waals surface area contributed by atoms with E-state index in [-0.39, 0.29) is 17.2 Å². The maximum atomic E-state index is 12.6. The third-order valence-electron chi connectivity index (χ3n) is 4.43. The molecule has 1 saturated carbocycles. The Morgan fingerprint density at radius 2 is 1.80 bits per heavy atom. The number of ketones is 1. The zero-order chi connectivity index (χ0) is 18.0. The van der Waals surface area contributed by atoms with E-state index in [9.17, 15) is 13.2 Å². The van der Waals surface area contributed by atoms with Gasteiger partial charge in [-0.3, -0.25) is 9.52 Å². The van der Waals surface area contributed by atoms with Crippen LogP contribution in [0.25, 0.3) is 0 Å². The van der Waals surface area contributed by atoms with Gasteiger partial charge in [-0.1, -0.05) is 36.6 Å². The van der Waals surface area contributed by atoms with Gasteiger partial charge in [0, 0.05) is 11.1 Å². The SMILES string of the molecule is Nc1ccc(C(=O)c2ccccc2Cl)cc1NS(=O)(=O)C1CCCC1. The minimum absolute atomic E-state index is 0.227. The van der Waals surface area contributed by atoms with Crippen molar-refractivity contribution in [2.75, 3.05) is 10.5 Å². The van der Waals surface area contributed by atoms with E-state index in [0.29, 0.717) is 29.0 Å². The highest BCUT2D eigenvalue weighted by Crippen LogP contribution is 2.29. The second-order valence-electron chi connectivity index (χ2n) is 6.16. The van der Waals surface area contributed by atoms with Gasteiger partial charge in [-0.2, -0.15) is 0 Å². The fourth-order valence-electron chi connectivity index (χ4n) is 3.02. The second-order valence-corrected chi connectivity index (χ2v) is 8.53. The molecule has 2 aromatic rings. The number of nitrogens with one attached hydrogen (secondary N) is 1. The number of hydrogen-bond acceptors (Lipinski definition) is 4. The van der Waals surface area contributed by atoms with Crippen molar-refractivity contribution in [3.8, 4) is 0 Å². The van der Waals surface area contributed by atoms with Gasteiger partial charge in [0.1, 0.15) is 0 Å². The Kier molecular flexibility index (Phi) is 5.01.